The first kappa shape index (κ1) is 20.3. The molecular weight excluding hydrogens is 411 g/mol. The number of aromatic nitrogens is 1. The Kier molecular flexibility index (Phi) is 6.63. The van der Waals surface area contributed by atoms with Crippen LogP contribution in [0.3, 0.4) is 0 Å². The van der Waals surface area contributed by atoms with Gasteiger partial charge < -0.3 is 14.8 Å². The zero-order chi connectivity index (χ0) is 20.1. The van der Waals surface area contributed by atoms with Gasteiger partial charge in [0.25, 0.3) is 5.69 Å². The van der Waals surface area contributed by atoms with Crippen molar-refractivity contribution < 1.29 is 19.2 Å². The smallest absolute Gasteiger partial charge is 0.289 e. The zero-order valence-corrected chi connectivity index (χ0v) is 16.1. The molecule has 3 rings (SSSR count). The Morgan fingerprint density at radius 1 is 1.29 bits per heavy atom. The molecule has 0 atom stereocenters. The lowest BCUT2D eigenvalue weighted by Gasteiger charge is -2.25. The molecule has 0 unspecified atom stereocenters. The molecule has 148 valence electrons. The molecule has 0 radical (unpaired) electrons. The Balaban J connectivity index is 1.67. The third-order valence-corrected chi connectivity index (χ3v) is 4.78. The van der Waals surface area contributed by atoms with E-state index in [1.807, 2.05) is 4.90 Å². The van der Waals surface area contributed by atoms with Crippen molar-refractivity contribution in [1.29, 1.82) is 0 Å². The minimum absolute atomic E-state index is 0.0782. The van der Waals surface area contributed by atoms with Crippen LogP contribution >= 0.6 is 23.2 Å². The Morgan fingerprint density at radius 2 is 2.04 bits per heavy atom. The number of ether oxygens (including phenoxy) is 2. The molecule has 1 amide bonds. The predicted octanol–water partition coefficient (Wildman–Crippen LogP) is 3.36. The second kappa shape index (κ2) is 9.16. The number of nitrogens with zero attached hydrogens (tertiary/aromatic N) is 3. The molecule has 9 nitrogen and oxygen atoms in total. The fraction of sp³-hybridized carbons (Fsp3) is 0.294. The first-order valence-electron chi connectivity index (χ1n) is 8.30. The van der Waals surface area contributed by atoms with E-state index in [0.717, 1.165) is 0 Å². The van der Waals surface area contributed by atoms with Gasteiger partial charge in [0.15, 0.2) is 0 Å². The first-order chi connectivity index (χ1) is 13.4. The molecule has 1 aliphatic rings. The fourth-order valence-corrected chi connectivity index (χ4v) is 2.98. The van der Waals surface area contributed by atoms with E-state index in [4.69, 9.17) is 32.7 Å². The maximum atomic E-state index is 12.2. The van der Waals surface area contributed by atoms with Crippen molar-refractivity contribution in [2.75, 3.05) is 38.2 Å². The van der Waals surface area contributed by atoms with Crippen molar-refractivity contribution in [3.05, 3.63) is 50.6 Å². The lowest BCUT2D eigenvalue weighted by atomic mass is 10.3. The lowest BCUT2D eigenvalue weighted by molar-refractivity contribution is -0.384. The first-order valence-corrected chi connectivity index (χ1v) is 9.06. The Bertz CT molecular complexity index is 890. The van der Waals surface area contributed by atoms with E-state index in [1.165, 1.54) is 24.4 Å². The highest BCUT2D eigenvalue weighted by Crippen LogP contribution is 2.40. The van der Waals surface area contributed by atoms with Crippen LogP contribution in [0, 0.1) is 10.1 Å². The van der Waals surface area contributed by atoms with Gasteiger partial charge in [0.05, 0.1) is 24.7 Å². The second-order valence-electron chi connectivity index (χ2n) is 5.88. The van der Waals surface area contributed by atoms with Gasteiger partial charge in [0.1, 0.15) is 27.4 Å². The molecule has 0 saturated carbocycles. The van der Waals surface area contributed by atoms with Crippen LogP contribution in [0.2, 0.25) is 10.0 Å². The highest BCUT2D eigenvalue weighted by molar-refractivity contribution is 6.44. The maximum absolute atomic E-state index is 12.2. The van der Waals surface area contributed by atoms with Crippen molar-refractivity contribution >= 4 is 40.6 Å². The van der Waals surface area contributed by atoms with Crippen LogP contribution < -0.4 is 10.1 Å². The number of rotatable bonds is 6. The number of hydrogen-bond acceptors (Lipinski definition) is 7. The van der Waals surface area contributed by atoms with E-state index < -0.39 is 4.92 Å². The topological polar surface area (TPSA) is 107 Å². The Hall–Kier alpha value is -2.46. The summed E-state index contributed by atoms with van der Waals surface area (Å²) in [6.07, 6.45) is 1.46. The number of anilines is 1. The maximum Gasteiger partial charge on any atom is 0.289 e. The lowest BCUT2D eigenvalue weighted by Crippen LogP contribution is -2.41. The summed E-state index contributed by atoms with van der Waals surface area (Å²) in [5.41, 5.74) is -0.315. The second-order valence-corrected chi connectivity index (χ2v) is 6.64. The minimum Gasteiger partial charge on any atom is -0.456 e. The summed E-state index contributed by atoms with van der Waals surface area (Å²) in [6, 6.07) is 5.63. The van der Waals surface area contributed by atoms with Crippen LogP contribution in [-0.4, -0.2) is 53.6 Å². The van der Waals surface area contributed by atoms with E-state index in [0.29, 0.717) is 37.9 Å². The summed E-state index contributed by atoms with van der Waals surface area (Å²) < 4.78 is 10.9. The SMILES string of the molecule is O=C(CN1CCOCC1)Nc1cc(Oc2ccc([N+](=O)[O-])c(Cl)c2Cl)ccn1. The normalized spacial score (nSPS) is 14.5. The van der Waals surface area contributed by atoms with Gasteiger partial charge in [0.2, 0.25) is 5.91 Å². The summed E-state index contributed by atoms with van der Waals surface area (Å²) in [7, 11) is 0. The number of carbonyl (C=O) groups is 1. The van der Waals surface area contributed by atoms with E-state index in [1.54, 1.807) is 6.07 Å². The molecule has 1 fully saturated rings. The number of nitro groups is 1. The van der Waals surface area contributed by atoms with Crippen LogP contribution in [0.1, 0.15) is 0 Å². The van der Waals surface area contributed by atoms with Crippen LogP contribution in [0.25, 0.3) is 0 Å². The van der Waals surface area contributed by atoms with E-state index in [-0.39, 0.29) is 33.9 Å². The molecule has 2 heterocycles. The number of nitro benzene ring substituents is 1. The summed E-state index contributed by atoms with van der Waals surface area (Å²) in [5, 5.41) is 13.3. The monoisotopic (exact) mass is 426 g/mol. The molecule has 28 heavy (non-hydrogen) atoms. The van der Waals surface area contributed by atoms with Gasteiger partial charge in [-0.1, -0.05) is 23.2 Å². The molecule has 11 heteroatoms. The van der Waals surface area contributed by atoms with Crippen LogP contribution in [-0.2, 0) is 9.53 Å². The number of amides is 1. The van der Waals surface area contributed by atoms with Crippen molar-refractivity contribution in [3.63, 3.8) is 0 Å². The zero-order valence-electron chi connectivity index (χ0n) is 14.6. The van der Waals surface area contributed by atoms with Gasteiger partial charge >= 0.3 is 0 Å². The number of carbonyl (C=O) groups excluding carboxylic acids is 1. The van der Waals surface area contributed by atoms with Crippen LogP contribution in [0.4, 0.5) is 11.5 Å². The highest BCUT2D eigenvalue weighted by atomic mass is 35.5. The number of benzene rings is 1. The van der Waals surface area contributed by atoms with Crippen LogP contribution in [0.15, 0.2) is 30.5 Å². The standard InChI is InChI=1S/C17H16Cl2N4O5/c18-16-12(23(25)26)1-2-13(17(16)19)28-11-3-4-20-14(9-11)21-15(24)10-22-5-7-27-8-6-22/h1-4,9H,5-8,10H2,(H,20,21,24). The van der Waals surface area contributed by atoms with E-state index in [9.17, 15) is 14.9 Å². The van der Waals surface area contributed by atoms with Crippen molar-refractivity contribution in [1.82, 2.24) is 9.88 Å². The largest absolute Gasteiger partial charge is 0.456 e. The van der Waals surface area contributed by atoms with Crippen LogP contribution in [0.5, 0.6) is 11.5 Å². The third kappa shape index (κ3) is 5.08. The van der Waals surface area contributed by atoms with E-state index in [2.05, 4.69) is 10.3 Å². The van der Waals surface area contributed by atoms with Crippen molar-refractivity contribution in [2.24, 2.45) is 0 Å². The third-order valence-electron chi connectivity index (χ3n) is 3.92. The predicted molar refractivity (Wildman–Crippen MR) is 103 cm³/mol. The van der Waals surface area contributed by atoms with Gasteiger partial charge in [-0.05, 0) is 12.1 Å². The number of hydrogen-bond donors (Lipinski definition) is 1. The molecule has 1 aromatic carbocycles. The number of pyridine rings is 1. The number of morpholine rings is 1. The van der Waals surface area contributed by atoms with Crippen molar-refractivity contribution in [3.8, 4) is 11.5 Å². The highest BCUT2D eigenvalue weighted by Gasteiger charge is 2.20. The molecule has 0 aliphatic carbocycles. The average molecular weight is 427 g/mol. The Labute approximate surface area is 170 Å². The number of halogens is 2. The van der Waals surface area contributed by atoms with E-state index >= 15 is 0 Å². The number of nitrogens with one attached hydrogen (secondary N) is 1. The van der Waals surface area contributed by atoms with Gasteiger partial charge in [-0.3, -0.25) is 19.8 Å². The molecule has 1 aliphatic heterocycles. The molecule has 0 bridgehead atoms. The van der Waals surface area contributed by atoms with Crippen molar-refractivity contribution in [2.45, 2.75) is 0 Å². The fourth-order valence-electron chi connectivity index (χ4n) is 2.56. The molecule has 1 saturated heterocycles. The molecular formula is C17H16Cl2N4O5. The van der Waals surface area contributed by atoms with Gasteiger partial charge in [-0.15, -0.1) is 0 Å². The average Bonchev–Trinajstić information content (AvgIpc) is 2.66. The molecule has 1 N–H and O–H groups in total. The van der Waals surface area contributed by atoms with Gasteiger partial charge in [-0.25, -0.2) is 4.98 Å². The summed E-state index contributed by atoms with van der Waals surface area (Å²) >= 11 is 12.0. The van der Waals surface area contributed by atoms with Gasteiger partial charge in [0, 0.05) is 31.4 Å². The van der Waals surface area contributed by atoms with Gasteiger partial charge in [-0.2, -0.15) is 0 Å². The molecule has 2 aromatic rings. The Morgan fingerprint density at radius 3 is 2.75 bits per heavy atom. The quantitative estimate of drug-likeness (QED) is 0.557. The molecule has 1 aromatic heterocycles. The molecule has 0 spiro atoms. The summed E-state index contributed by atoms with van der Waals surface area (Å²) in [6.45, 7) is 2.84. The summed E-state index contributed by atoms with van der Waals surface area (Å²) in [4.78, 5) is 28.5. The minimum atomic E-state index is -0.632. The summed E-state index contributed by atoms with van der Waals surface area (Å²) in [5.74, 6) is 0.584.